The SMILES string of the molecule is CC(C(=O)N1CCC(N2CCCC2C(N)=O)CC1)N1CCc2ccccc2C1. The third-order valence-electron chi connectivity index (χ3n) is 6.93. The molecule has 1 aromatic carbocycles. The Hall–Kier alpha value is -1.92. The Morgan fingerprint density at radius 3 is 2.46 bits per heavy atom. The van der Waals surface area contributed by atoms with E-state index in [-0.39, 0.29) is 23.9 Å². The molecule has 0 saturated carbocycles. The normalized spacial score (nSPS) is 25.5. The Balaban J connectivity index is 1.32. The van der Waals surface area contributed by atoms with Crippen LogP contribution in [-0.4, -0.2) is 70.8 Å². The number of benzene rings is 1. The van der Waals surface area contributed by atoms with Crippen molar-refractivity contribution >= 4 is 11.8 Å². The molecule has 152 valence electrons. The number of nitrogens with two attached hydrogens (primary N) is 1. The van der Waals surface area contributed by atoms with Crippen molar-refractivity contribution in [3.63, 3.8) is 0 Å². The summed E-state index contributed by atoms with van der Waals surface area (Å²) in [5.41, 5.74) is 8.33. The van der Waals surface area contributed by atoms with Gasteiger partial charge in [-0.3, -0.25) is 19.4 Å². The lowest BCUT2D eigenvalue weighted by Gasteiger charge is -2.41. The number of nitrogens with zero attached hydrogens (tertiary/aromatic N) is 3. The Morgan fingerprint density at radius 1 is 1.04 bits per heavy atom. The van der Waals surface area contributed by atoms with Crippen LogP contribution in [0.15, 0.2) is 24.3 Å². The standard InChI is InChI=1S/C22H32N4O2/c1-16(25-12-8-17-5-2-3-6-18(17)15-25)22(28)24-13-9-19(10-14-24)26-11-4-7-20(26)21(23)27/h2-3,5-6,16,19-20H,4,7-15H2,1H3,(H2,23,27). The van der Waals surface area contributed by atoms with Crippen LogP contribution in [0, 0.1) is 0 Å². The second kappa shape index (κ2) is 8.21. The van der Waals surface area contributed by atoms with Gasteiger partial charge in [0.25, 0.3) is 0 Å². The maximum Gasteiger partial charge on any atom is 0.239 e. The number of carbonyl (C=O) groups excluding carboxylic acids is 2. The van der Waals surface area contributed by atoms with E-state index in [1.807, 2.05) is 11.8 Å². The first-order valence-corrected chi connectivity index (χ1v) is 10.7. The lowest BCUT2D eigenvalue weighted by Crippen LogP contribution is -2.54. The van der Waals surface area contributed by atoms with Gasteiger partial charge in [-0.05, 0) is 56.7 Å². The molecule has 0 aliphatic carbocycles. The number of hydrogen-bond acceptors (Lipinski definition) is 4. The number of piperidine rings is 1. The van der Waals surface area contributed by atoms with Crippen LogP contribution in [0.3, 0.4) is 0 Å². The lowest BCUT2D eigenvalue weighted by atomic mass is 9.98. The molecule has 4 rings (SSSR count). The highest BCUT2D eigenvalue weighted by atomic mass is 16.2. The Kier molecular flexibility index (Phi) is 5.69. The van der Waals surface area contributed by atoms with Gasteiger partial charge in [0.05, 0.1) is 12.1 Å². The van der Waals surface area contributed by atoms with Crippen molar-refractivity contribution in [2.75, 3.05) is 26.2 Å². The molecule has 0 bridgehead atoms. The van der Waals surface area contributed by atoms with Gasteiger partial charge < -0.3 is 10.6 Å². The highest BCUT2D eigenvalue weighted by molar-refractivity contribution is 5.82. The van der Waals surface area contributed by atoms with E-state index in [9.17, 15) is 9.59 Å². The molecular weight excluding hydrogens is 352 g/mol. The van der Waals surface area contributed by atoms with Crippen molar-refractivity contribution in [3.05, 3.63) is 35.4 Å². The van der Waals surface area contributed by atoms with Crippen LogP contribution >= 0.6 is 0 Å². The first-order valence-electron chi connectivity index (χ1n) is 10.7. The van der Waals surface area contributed by atoms with E-state index in [1.54, 1.807) is 0 Å². The first kappa shape index (κ1) is 19.4. The molecule has 1 aromatic rings. The number of hydrogen-bond donors (Lipinski definition) is 1. The fourth-order valence-corrected chi connectivity index (χ4v) is 5.22. The van der Waals surface area contributed by atoms with Gasteiger partial charge >= 0.3 is 0 Å². The molecule has 3 aliphatic heterocycles. The van der Waals surface area contributed by atoms with Crippen molar-refractivity contribution in [1.82, 2.24) is 14.7 Å². The molecule has 2 amide bonds. The molecule has 2 fully saturated rings. The third kappa shape index (κ3) is 3.80. The molecule has 2 unspecified atom stereocenters. The van der Waals surface area contributed by atoms with E-state index < -0.39 is 0 Å². The minimum atomic E-state index is -0.199. The number of primary amides is 1. The second-order valence-corrected chi connectivity index (χ2v) is 8.52. The predicted molar refractivity (Wildman–Crippen MR) is 109 cm³/mol. The summed E-state index contributed by atoms with van der Waals surface area (Å²) in [5, 5.41) is 0. The average Bonchev–Trinajstić information content (AvgIpc) is 3.23. The summed E-state index contributed by atoms with van der Waals surface area (Å²) < 4.78 is 0. The number of carbonyl (C=O) groups is 2. The van der Waals surface area contributed by atoms with Gasteiger partial charge in [-0.15, -0.1) is 0 Å². The fourth-order valence-electron chi connectivity index (χ4n) is 5.22. The quantitative estimate of drug-likeness (QED) is 0.851. The van der Waals surface area contributed by atoms with Crippen molar-refractivity contribution in [2.24, 2.45) is 5.73 Å². The molecule has 28 heavy (non-hydrogen) atoms. The summed E-state index contributed by atoms with van der Waals surface area (Å²) in [6, 6.07) is 8.72. The molecule has 2 saturated heterocycles. The summed E-state index contributed by atoms with van der Waals surface area (Å²) in [4.78, 5) is 31.4. The molecule has 0 radical (unpaired) electrons. The van der Waals surface area contributed by atoms with Crippen LogP contribution in [0.2, 0.25) is 0 Å². The van der Waals surface area contributed by atoms with Gasteiger partial charge in [-0.2, -0.15) is 0 Å². The smallest absolute Gasteiger partial charge is 0.239 e. The molecule has 6 heteroatoms. The number of amides is 2. The van der Waals surface area contributed by atoms with Gasteiger partial charge in [-0.25, -0.2) is 0 Å². The van der Waals surface area contributed by atoms with Crippen molar-refractivity contribution < 1.29 is 9.59 Å². The van der Waals surface area contributed by atoms with Gasteiger partial charge in [0.15, 0.2) is 0 Å². The van der Waals surface area contributed by atoms with Gasteiger partial charge in [0.2, 0.25) is 11.8 Å². The van der Waals surface area contributed by atoms with E-state index >= 15 is 0 Å². The zero-order chi connectivity index (χ0) is 19.7. The van der Waals surface area contributed by atoms with Crippen LogP contribution in [0.1, 0.15) is 43.7 Å². The van der Waals surface area contributed by atoms with Crippen molar-refractivity contribution in [2.45, 2.75) is 63.7 Å². The summed E-state index contributed by atoms with van der Waals surface area (Å²) in [7, 11) is 0. The number of fused-ring (bicyclic) bond motifs is 1. The minimum absolute atomic E-state index is 0.0879. The van der Waals surface area contributed by atoms with Crippen LogP contribution in [-0.2, 0) is 22.6 Å². The molecular formula is C22H32N4O2. The molecule has 2 N–H and O–H groups in total. The largest absolute Gasteiger partial charge is 0.368 e. The zero-order valence-corrected chi connectivity index (χ0v) is 16.8. The predicted octanol–water partition coefficient (Wildman–Crippen LogP) is 1.37. The first-order chi connectivity index (χ1) is 13.5. The van der Waals surface area contributed by atoms with Gasteiger partial charge in [-0.1, -0.05) is 24.3 Å². The van der Waals surface area contributed by atoms with E-state index in [0.717, 1.165) is 64.8 Å². The van der Waals surface area contributed by atoms with E-state index in [4.69, 9.17) is 5.73 Å². The van der Waals surface area contributed by atoms with E-state index in [1.165, 1.54) is 11.1 Å². The zero-order valence-electron chi connectivity index (χ0n) is 16.8. The molecule has 0 spiro atoms. The Morgan fingerprint density at radius 2 is 1.75 bits per heavy atom. The number of rotatable bonds is 4. The third-order valence-corrected chi connectivity index (χ3v) is 6.93. The Labute approximate surface area is 167 Å². The monoisotopic (exact) mass is 384 g/mol. The summed E-state index contributed by atoms with van der Waals surface area (Å²) in [6.07, 6.45) is 4.80. The molecule has 3 heterocycles. The topological polar surface area (TPSA) is 69.9 Å². The summed E-state index contributed by atoms with van der Waals surface area (Å²) in [6.45, 7) is 6.35. The maximum atomic E-state index is 13.1. The summed E-state index contributed by atoms with van der Waals surface area (Å²) in [5.74, 6) is 0.0423. The molecule has 2 atom stereocenters. The second-order valence-electron chi connectivity index (χ2n) is 8.52. The Bertz CT molecular complexity index is 729. The van der Waals surface area contributed by atoms with Crippen LogP contribution in [0.5, 0.6) is 0 Å². The molecule has 0 aromatic heterocycles. The average molecular weight is 385 g/mol. The van der Waals surface area contributed by atoms with E-state index in [0.29, 0.717) is 6.04 Å². The lowest BCUT2D eigenvalue weighted by molar-refractivity contribution is -0.139. The van der Waals surface area contributed by atoms with E-state index in [2.05, 4.69) is 34.1 Å². The molecule has 6 nitrogen and oxygen atoms in total. The minimum Gasteiger partial charge on any atom is -0.368 e. The molecule has 3 aliphatic rings. The van der Waals surface area contributed by atoms with Gasteiger partial charge in [0, 0.05) is 32.2 Å². The highest BCUT2D eigenvalue weighted by Crippen LogP contribution is 2.27. The van der Waals surface area contributed by atoms with Gasteiger partial charge in [0.1, 0.15) is 0 Å². The highest BCUT2D eigenvalue weighted by Gasteiger charge is 2.37. The van der Waals surface area contributed by atoms with Crippen LogP contribution in [0.25, 0.3) is 0 Å². The number of likely N-dealkylation sites (tertiary alicyclic amines) is 2. The maximum absolute atomic E-state index is 13.1. The fraction of sp³-hybridized carbons (Fsp3) is 0.636. The van der Waals surface area contributed by atoms with Crippen molar-refractivity contribution in [1.29, 1.82) is 0 Å². The van der Waals surface area contributed by atoms with Crippen LogP contribution < -0.4 is 5.73 Å². The summed E-state index contributed by atoms with van der Waals surface area (Å²) >= 11 is 0. The van der Waals surface area contributed by atoms with Crippen LogP contribution in [0.4, 0.5) is 0 Å². The van der Waals surface area contributed by atoms with Crippen molar-refractivity contribution in [3.8, 4) is 0 Å².